The van der Waals surface area contributed by atoms with Gasteiger partial charge in [0.15, 0.2) is 16.6 Å². The molecule has 7 nitrogen and oxygen atoms in total. The number of carbonyl (C=O) groups excluding carboxylic acids is 2. The number of nitrogens with zero attached hydrogens (tertiary/aromatic N) is 3. The summed E-state index contributed by atoms with van der Waals surface area (Å²) in [6.45, 7) is 4.72. The highest BCUT2D eigenvalue weighted by Gasteiger charge is 2.38. The Morgan fingerprint density at radius 2 is 2.13 bits per heavy atom. The van der Waals surface area contributed by atoms with Crippen LogP contribution in [0.4, 0.5) is 10.8 Å². The number of aromatic nitrogens is 1. The number of thiazole rings is 1. The molecule has 5 rings (SSSR count). The lowest BCUT2D eigenvalue weighted by molar-refractivity contribution is -0.124. The van der Waals surface area contributed by atoms with Gasteiger partial charge in [-0.05, 0) is 37.8 Å². The van der Waals surface area contributed by atoms with Crippen molar-refractivity contribution in [1.82, 2.24) is 4.98 Å². The zero-order chi connectivity index (χ0) is 20.7. The van der Waals surface area contributed by atoms with Crippen molar-refractivity contribution >= 4 is 34.0 Å². The first-order valence-electron chi connectivity index (χ1n) is 10.2. The summed E-state index contributed by atoms with van der Waals surface area (Å²) in [6.07, 6.45) is 6.22. The fourth-order valence-electron chi connectivity index (χ4n) is 4.24. The summed E-state index contributed by atoms with van der Waals surface area (Å²) in [7, 11) is 0. The maximum Gasteiger partial charge on any atom is 0.234 e. The van der Waals surface area contributed by atoms with Crippen molar-refractivity contribution in [1.29, 1.82) is 0 Å². The number of anilines is 2. The van der Waals surface area contributed by atoms with Crippen LogP contribution in [0, 0.1) is 5.92 Å². The first kappa shape index (κ1) is 19.1. The van der Waals surface area contributed by atoms with Crippen molar-refractivity contribution in [2.75, 3.05) is 29.7 Å². The van der Waals surface area contributed by atoms with Crippen molar-refractivity contribution in [3.8, 4) is 11.5 Å². The van der Waals surface area contributed by atoms with Crippen LogP contribution in [0.5, 0.6) is 11.5 Å². The van der Waals surface area contributed by atoms with Crippen molar-refractivity contribution < 1.29 is 19.1 Å². The average molecular weight is 426 g/mol. The number of ether oxygens (including phenoxy) is 2. The number of fused-ring (bicyclic) bond motifs is 2. The van der Waals surface area contributed by atoms with E-state index in [2.05, 4.69) is 6.58 Å². The molecule has 8 heteroatoms. The molecule has 1 aromatic heterocycles. The van der Waals surface area contributed by atoms with Gasteiger partial charge in [-0.3, -0.25) is 14.5 Å². The van der Waals surface area contributed by atoms with E-state index in [4.69, 9.17) is 14.5 Å². The van der Waals surface area contributed by atoms with Gasteiger partial charge in [0.05, 0.1) is 11.6 Å². The van der Waals surface area contributed by atoms with Gasteiger partial charge in [0.25, 0.3) is 0 Å². The van der Waals surface area contributed by atoms with Gasteiger partial charge in [0, 0.05) is 36.1 Å². The van der Waals surface area contributed by atoms with Gasteiger partial charge >= 0.3 is 0 Å². The fraction of sp³-hybridized carbons (Fsp3) is 0.409. The van der Waals surface area contributed by atoms with Gasteiger partial charge in [-0.1, -0.05) is 6.08 Å². The van der Waals surface area contributed by atoms with Gasteiger partial charge < -0.3 is 14.4 Å². The Balaban J connectivity index is 1.36. The molecule has 1 saturated heterocycles. The van der Waals surface area contributed by atoms with Gasteiger partial charge in [-0.25, -0.2) is 4.98 Å². The van der Waals surface area contributed by atoms with Crippen LogP contribution >= 0.6 is 11.3 Å². The molecule has 0 N–H and O–H groups in total. The molecule has 1 unspecified atom stereocenters. The molecule has 2 aliphatic heterocycles. The highest BCUT2D eigenvalue weighted by molar-refractivity contribution is 7.16. The lowest BCUT2D eigenvalue weighted by Crippen LogP contribution is -2.37. The Hall–Kier alpha value is -2.87. The molecule has 3 heterocycles. The fourth-order valence-corrected chi connectivity index (χ4v) is 5.40. The van der Waals surface area contributed by atoms with E-state index in [1.807, 2.05) is 6.07 Å². The van der Waals surface area contributed by atoms with Crippen LogP contribution in [-0.4, -0.2) is 36.7 Å². The second kappa shape index (κ2) is 7.75. The van der Waals surface area contributed by atoms with Crippen LogP contribution in [0.2, 0.25) is 0 Å². The quantitative estimate of drug-likeness (QED) is 0.687. The Bertz CT molecular complexity index is 994. The Morgan fingerprint density at radius 3 is 2.97 bits per heavy atom. The van der Waals surface area contributed by atoms with Crippen LogP contribution in [0.15, 0.2) is 30.9 Å². The Kier molecular flexibility index (Phi) is 4.94. The molecule has 0 saturated carbocycles. The molecule has 2 amide bonds. The molecule has 3 aliphatic rings. The van der Waals surface area contributed by atoms with Gasteiger partial charge in [-0.15, -0.1) is 17.9 Å². The second-order valence-electron chi connectivity index (χ2n) is 7.75. The first-order valence-corrected chi connectivity index (χ1v) is 11.1. The van der Waals surface area contributed by atoms with Gasteiger partial charge in [0.1, 0.15) is 0 Å². The predicted molar refractivity (Wildman–Crippen MR) is 114 cm³/mol. The average Bonchev–Trinajstić information content (AvgIpc) is 3.48. The molecule has 156 valence electrons. The monoisotopic (exact) mass is 425 g/mol. The van der Waals surface area contributed by atoms with E-state index in [-0.39, 0.29) is 25.0 Å². The van der Waals surface area contributed by atoms with Crippen LogP contribution in [0.3, 0.4) is 0 Å². The van der Waals surface area contributed by atoms with E-state index in [9.17, 15) is 9.59 Å². The molecule has 0 bridgehead atoms. The number of carbonyl (C=O) groups is 2. The largest absolute Gasteiger partial charge is 0.454 e. The minimum atomic E-state index is -0.413. The van der Waals surface area contributed by atoms with Gasteiger partial charge in [-0.2, -0.15) is 0 Å². The summed E-state index contributed by atoms with van der Waals surface area (Å²) in [4.78, 5) is 35.5. The lowest BCUT2D eigenvalue weighted by Gasteiger charge is -2.22. The third-order valence-electron chi connectivity index (χ3n) is 5.79. The zero-order valence-electron chi connectivity index (χ0n) is 16.6. The summed E-state index contributed by atoms with van der Waals surface area (Å²) in [5, 5.41) is 0.723. The van der Waals surface area contributed by atoms with Crippen molar-refractivity contribution in [2.24, 2.45) is 5.92 Å². The molecular weight excluding hydrogens is 402 g/mol. The van der Waals surface area contributed by atoms with E-state index in [1.165, 1.54) is 11.3 Å². The molecule has 1 aromatic carbocycles. The molecule has 0 radical (unpaired) electrons. The first-order chi connectivity index (χ1) is 14.6. The summed E-state index contributed by atoms with van der Waals surface area (Å²) in [5.74, 6) is 0.741. The maximum atomic E-state index is 13.4. The number of aryl methyl sites for hydroxylation is 2. The molecule has 0 spiro atoms. The molecule has 30 heavy (non-hydrogen) atoms. The van der Waals surface area contributed by atoms with Crippen LogP contribution in [0.1, 0.15) is 29.8 Å². The lowest BCUT2D eigenvalue weighted by atomic mass is 10.0. The van der Waals surface area contributed by atoms with Crippen molar-refractivity contribution in [3.63, 3.8) is 0 Å². The topological polar surface area (TPSA) is 72.0 Å². The third kappa shape index (κ3) is 3.35. The van der Waals surface area contributed by atoms with E-state index >= 15 is 0 Å². The summed E-state index contributed by atoms with van der Waals surface area (Å²) in [5.41, 5.74) is 1.84. The predicted octanol–water partition coefficient (Wildman–Crippen LogP) is 3.32. The highest BCUT2D eigenvalue weighted by Crippen LogP contribution is 2.38. The zero-order valence-corrected chi connectivity index (χ0v) is 17.5. The number of hydrogen-bond acceptors (Lipinski definition) is 6. The van der Waals surface area contributed by atoms with E-state index < -0.39 is 5.92 Å². The highest BCUT2D eigenvalue weighted by atomic mass is 32.1. The minimum Gasteiger partial charge on any atom is -0.454 e. The number of hydrogen-bond donors (Lipinski definition) is 0. The summed E-state index contributed by atoms with van der Waals surface area (Å²) >= 11 is 1.60. The molecule has 1 atom stereocenters. The number of benzene rings is 1. The van der Waals surface area contributed by atoms with Gasteiger partial charge in [0.2, 0.25) is 18.6 Å². The molecular formula is C22H23N3O4S. The molecule has 2 aromatic rings. The smallest absolute Gasteiger partial charge is 0.234 e. The van der Waals surface area contributed by atoms with Crippen LogP contribution in [0.25, 0.3) is 0 Å². The minimum absolute atomic E-state index is 0.0656. The second-order valence-corrected chi connectivity index (χ2v) is 8.82. The van der Waals surface area contributed by atoms with E-state index in [1.54, 1.807) is 39.3 Å². The van der Waals surface area contributed by atoms with Crippen molar-refractivity contribution in [2.45, 2.75) is 32.1 Å². The maximum absolute atomic E-state index is 13.4. The summed E-state index contributed by atoms with van der Waals surface area (Å²) < 4.78 is 10.8. The van der Waals surface area contributed by atoms with E-state index in [0.29, 0.717) is 24.6 Å². The summed E-state index contributed by atoms with van der Waals surface area (Å²) in [6, 6.07) is 5.42. The third-order valence-corrected chi connectivity index (χ3v) is 6.97. The van der Waals surface area contributed by atoms with Crippen molar-refractivity contribution in [3.05, 3.63) is 41.4 Å². The normalized spacial score (nSPS) is 19.7. The van der Waals surface area contributed by atoms with Crippen LogP contribution in [-0.2, 0) is 22.4 Å². The Labute approximate surface area is 178 Å². The number of rotatable bonds is 5. The van der Waals surface area contributed by atoms with E-state index in [0.717, 1.165) is 35.8 Å². The standard InChI is InChI=1S/C22H23N3O4S/c1-2-9-24(22-23-16-5-3-4-6-19(16)30-22)21(27)14-10-20(26)25(12-14)15-7-8-17-18(11-15)29-13-28-17/h2,7-8,11,14H,1,3-6,9-10,12-13H2. The molecule has 1 aliphatic carbocycles. The SMILES string of the molecule is C=CCN(C(=O)C1CC(=O)N(c2ccc3c(c2)OCO3)C1)c1nc2c(s1)CCCC2. The molecule has 1 fully saturated rings. The number of amides is 2. The van der Waals surface area contributed by atoms with Crippen LogP contribution < -0.4 is 19.3 Å². The Morgan fingerprint density at radius 1 is 1.30 bits per heavy atom.